The number of benzene rings is 1. The topological polar surface area (TPSA) is 75.8 Å². The average molecular weight is 280 g/mol. The van der Waals surface area contributed by atoms with Crippen LogP contribution >= 0.6 is 0 Å². The van der Waals surface area contributed by atoms with Gasteiger partial charge in [0.15, 0.2) is 5.75 Å². The fraction of sp³-hybridized carbons (Fsp3) is 0.571. The van der Waals surface area contributed by atoms with Gasteiger partial charge < -0.3 is 14.7 Å². The van der Waals surface area contributed by atoms with E-state index in [0.29, 0.717) is 31.1 Å². The summed E-state index contributed by atoms with van der Waals surface area (Å²) in [4.78, 5) is 12.9. The molecule has 0 aromatic heterocycles. The van der Waals surface area contributed by atoms with E-state index in [1.54, 1.807) is 32.0 Å². The third-order valence-corrected chi connectivity index (χ3v) is 3.71. The molecule has 1 fully saturated rings. The monoisotopic (exact) mass is 280 g/mol. The summed E-state index contributed by atoms with van der Waals surface area (Å²) in [6.45, 7) is 5.30. The molecule has 1 aromatic rings. The lowest BCUT2D eigenvalue weighted by atomic mass is 10.0. The van der Waals surface area contributed by atoms with Crippen LogP contribution in [0.5, 0.6) is 5.75 Å². The van der Waals surface area contributed by atoms with E-state index < -0.39 is 11.0 Å². The van der Waals surface area contributed by atoms with E-state index in [0.717, 1.165) is 6.42 Å². The summed E-state index contributed by atoms with van der Waals surface area (Å²) in [5.41, 5.74) is 0.588. The van der Waals surface area contributed by atoms with Gasteiger partial charge in [0.25, 0.3) is 0 Å². The molecular weight excluding hydrogens is 260 g/mol. The number of ether oxygens (including phenoxy) is 1. The molecule has 1 aromatic carbocycles. The lowest BCUT2D eigenvalue weighted by Crippen LogP contribution is -2.24. The number of nitro benzene ring substituents is 1. The van der Waals surface area contributed by atoms with Gasteiger partial charge in [0, 0.05) is 19.0 Å². The molecule has 1 saturated heterocycles. The van der Waals surface area contributed by atoms with Crippen LogP contribution in [0.4, 0.5) is 11.4 Å². The van der Waals surface area contributed by atoms with Crippen LogP contribution in [0.1, 0.15) is 20.3 Å². The predicted octanol–water partition coefficient (Wildman–Crippen LogP) is 2.20. The Morgan fingerprint density at radius 2 is 2.35 bits per heavy atom. The Kier molecular flexibility index (Phi) is 4.44. The van der Waals surface area contributed by atoms with Gasteiger partial charge in [-0.15, -0.1) is 0 Å². The summed E-state index contributed by atoms with van der Waals surface area (Å²) in [7, 11) is 0. The molecule has 2 atom stereocenters. The van der Waals surface area contributed by atoms with Gasteiger partial charge in [0.05, 0.1) is 17.6 Å². The van der Waals surface area contributed by atoms with Crippen LogP contribution in [0.2, 0.25) is 0 Å². The Labute approximate surface area is 118 Å². The van der Waals surface area contributed by atoms with E-state index in [1.165, 1.54) is 0 Å². The van der Waals surface area contributed by atoms with Crippen LogP contribution < -0.4 is 9.64 Å². The Balaban J connectivity index is 2.32. The Hall–Kier alpha value is -1.82. The molecule has 6 nitrogen and oxygen atoms in total. The number of nitrogens with zero attached hydrogens (tertiary/aromatic N) is 2. The third-order valence-electron chi connectivity index (χ3n) is 3.71. The molecular formula is C14H20N2O4. The number of aliphatic hydroxyl groups is 1. The first-order valence-electron chi connectivity index (χ1n) is 6.87. The molecule has 2 unspecified atom stereocenters. The van der Waals surface area contributed by atoms with Crippen molar-refractivity contribution < 1.29 is 14.8 Å². The van der Waals surface area contributed by atoms with Gasteiger partial charge in [-0.2, -0.15) is 0 Å². The largest absolute Gasteiger partial charge is 0.487 e. The Bertz CT molecular complexity index is 490. The van der Waals surface area contributed by atoms with Crippen molar-refractivity contribution in [3.05, 3.63) is 28.3 Å². The van der Waals surface area contributed by atoms with Crippen LogP contribution in [0.25, 0.3) is 0 Å². The summed E-state index contributed by atoms with van der Waals surface area (Å²) >= 11 is 0. The van der Waals surface area contributed by atoms with E-state index in [-0.39, 0.29) is 11.6 Å². The molecule has 0 radical (unpaired) electrons. The van der Waals surface area contributed by atoms with Gasteiger partial charge in [-0.1, -0.05) is 6.07 Å². The lowest BCUT2D eigenvalue weighted by Gasteiger charge is -2.20. The van der Waals surface area contributed by atoms with Crippen molar-refractivity contribution in [2.24, 2.45) is 5.92 Å². The Morgan fingerprint density at radius 3 is 2.90 bits per heavy atom. The quantitative estimate of drug-likeness (QED) is 0.661. The van der Waals surface area contributed by atoms with Gasteiger partial charge in [-0.25, -0.2) is 0 Å². The molecule has 1 aliphatic heterocycles. The van der Waals surface area contributed by atoms with Gasteiger partial charge in [-0.3, -0.25) is 10.1 Å². The first-order chi connectivity index (χ1) is 9.54. The highest BCUT2D eigenvalue weighted by Crippen LogP contribution is 2.39. The number of hydrogen-bond donors (Lipinski definition) is 1. The Morgan fingerprint density at radius 1 is 1.60 bits per heavy atom. The maximum atomic E-state index is 11.3. The van der Waals surface area contributed by atoms with E-state index in [9.17, 15) is 15.2 Å². The van der Waals surface area contributed by atoms with E-state index in [1.807, 2.05) is 4.90 Å². The lowest BCUT2D eigenvalue weighted by molar-refractivity contribution is -0.385. The van der Waals surface area contributed by atoms with Crippen LogP contribution in [-0.4, -0.2) is 35.8 Å². The van der Waals surface area contributed by atoms with Gasteiger partial charge in [0.2, 0.25) is 0 Å². The summed E-state index contributed by atoms with van der Waals surface area (Å²) in [6, 6.07) is 5.13. The van der Waals surface area contributed by atoms with Crippen LogP contribution in [0.15, 0.2) is 18.2 Å². The molecule has 0 spiro atoms. The minimum atomic E-state index is -0.394. The van der Waals surface area contributed by atoms with Crippen molar-refractivity contribution >= 4 is 11.4 Å². The first kappa shape index (κ1) is 14.6. The summed E-state index contributed by atoms with van der Waals surface area (Å²) in [5.74, 6) is 0.459. The molecule has 1 N–H and O–H groups in total. The molecule has 0 saturated carbocycles. The maximum absolute atomic E-state index is 11.3. The number of rotatable bonds is 5. The summed E-state index contributed by atoms with van der Waals surface area (Å²) in [5, 5.41) is 21.0. The molecule has 6 heteroatoms. The number of para-hydroxylation sites is 1. The number of hydrogen-bond acceptors (Lipinski definition) is 5. The second-order valence-corrected chi connectivity index (χ2v) is 5.05. The maximum Gasteiger partial charge on any atom is 0.333 e. The van der Waals surface area contributed by atoms with Gasteiger partial charge >= 0.3 is 5.69 Å². The highest BCUT2D eigenvalue weighted by atomic mass is 16.6. The SMILES string of the molecule is CCOc1cccc(N2CCC(C(C)O)C2)c1[N+](=O)[O-]. The van der Waals surface area contributed by atoms with E-state index in [2.05, 4.69) is 0 Å². The van der Waals surface area contributed by atoms with Crippen molar-refractivity contribution in [1.82, 2.24) is 0 Å². The average Bonchev–Trinajstić information content (AvgIpc) is 2.88. The minimum Gasteiger partial charge on any atom is -0.487 e. The molecule has 0 bridgehead atoms. The van der Waals surface area contributed by atoms with Crippen molar-refractivity contribution in [2.75, 3.05) is 24.6 Å². The summed E-state index contributed by atoms with van der Waals surface area (Å²) in [6.07, 6.45) is 0.447. The number of nitro groups is 1. The van der Waals surface area contributed by atoms with E-state index >= 15 is 0 Å². The zero-order valence-electron chi connectivity index (χ0n) is 11.8. The number of aliphatic hydroxyl groups excluding tert-OH is 1. The van der Waals surface area contributed by atoms with Gasteiger partial charge in [0.1, 0.15) is 5.69 Å². The molecule has 2 rings (SSSR count). The van der Waals surface area contributed by atoms with Crippen molar-refractivity contribution in [3.8, 4) is 5.75 Å². The van der Waals surface area contributed by atoms with Crippen molar-refractivity contribution in [2.45, 2.75) is 26.4 Å². The zero-order chi connectivity index (χ0) is 14.7. The highest BCUT2D eigenvalue weighted by molar-refractivity contribution is 5.70. The van der Waals surface area contributed by atoms with Crippen molar-refractivity contribution in [1.29, 1.82) is 0 Å². The standard InChI is InChI=1S/C14H20N2O4/c1-3-20-13-6-4-5-12(14(13)16(18)19)15-8-7-11(9-15)10(2)17/h4-6,10-11,17H,3,7-9H2,1-2H3. The molecule has 1 aliphatic rings. The third kappa shape index (κ3) is 2.85. The van der Waals surface area contributed by atoms with Crippen LogP contribution in [-0.2, 0) is 0 Å². The van der Waals surface area contributed by atoms with Crippen LogP contribution in [0.3, 0.4) is 0 Å². The molecule has 1 heterocycles. The highest BCUT2D eigenvalue weighted by Gasteiger charge is 2.31. The molecule has 20 heavy (non-hydrogen) atoms. The zero-order valence-corrected chi connectivity index (χ0v) is 11.8. The first-order valence-corrected chi connectivity index (χ1v) is 6.87. The predicted molar refractivity (Wildman–Crippen MR) is 76.3 cm³/mol. The van der Waals surface area contributed by atoms with Gasteiger partial charge in [-0.05, 0) is 32.4 Å². The molecule has 0 aliphatic carbocycles. The minimum absolute atomic E-state index is 0.0144. The van der Waals surface area contributed by atoms with Crippen molar-refractivity contribution in [3.63, 3.8) is 0 Å². The normalized spacial score (nSPS) is 19.9. The fourth-order valence-electron chi connectivity index (χ4n) is 2.62. The fourth-order valence-corrected chi connectivity index (χ4v) is 2.62. The smallest absolute Gasteiger partial charge is 0.333 e. The molecule has 0 amide bonds. The second-order valence-electron chi connectivity index (χ2n) is 5.05. The number of anilines is 1. The van der Waals surface area contributed by atoms with E-state index in [4.69, 9.17) is 4.74 Å². The van der Waals surface area contributed by atoms with Crippen LogP contribution in [0, 0.1) is 16.0 Å². The second kappa shape index (κ2) is 6.09. The molecule has 110 valence electrons. The summed E-state index contributed by atoms with van der Waals surface area (Å²) < 4.78 is 5.36.